The highest BCUT2D eigenvalue weighted by molar-refractivity contribution is 5.89. The maximum atomic E-state index is 11.0. The van der Waals surface area contributed by atoms with E-state index in [1.807, 2.05) is 34.9 Å². The number of carboxylic acid groups (broad SMARTS) is 1. The van der Waals surface area contributed by atoms with E-state index in [0.29, 0.717) is 0 Å². The summed E-state index contributed by atoms with van der Waals surface area (Å²) in [6.07, 6.45) is 3.58. The number of aromatic carboxylic acids is 1. The second kappa shape index (κ2) is 4.00. The van der Waals surface area contributed by atoms with Gasteiger partial charge < -0.3 is 5.11 Å². The van der Waals surface area contributed by atoms with Crippen LogP contribution >= 0.6 is 0 Å². The molecular formula is C14H10N2O2. The molecule has 0 aliphatic rings. The number of pyridine rings is 1. The van der Waals surface area contributed by atoms with Crippen LogP contribution in [0.1, 0.15) is 10.4 Å². The van der Waals surface area contributed by atoms with Gasteiger partial charge in [-0.15, -0.1) is 0 Å². The lowest BCUT2D eigenvalue weighted by Crippen LogP contribution is -1.97. The van der Waals surface area contributed by atoms with E-state index in [1.54, 1.807) is 24.4 Å². The molecule has 2 heterocycles. The van der Waals surface area contributed by atoms with Gasteiger partial charge in [0.25, 0.3) is 0 Å². The minimum Gasteiger partial charge on any atom is -0.478 e. The fourth-order valence-electron chi connectivity index (χ4n) is 1.99. The Bertz CT molecular complexity index is 731. The summed E-state index contributed by atoms with van der Waals surface area (Å²) in [6, 6.07) is 12.6. The molecule has 0 aliphatic carbocycles. The van der Waals surface area contributed by atoms with Crippen molar-refractivity contribution < 1.29 is 9.90 Å². The number of fused-ring (bicyclic) bond motifs is 1. The minimum absolute atomic E-state index is 0.282. The number of carboxylic acids is 1. The molecule has 0 amide bonds. The fraction of sp³-hybridized carbons (Fsp3) is 0. The van der Waals surface area contributed by atoms with Crippen LogP contribution in [0, 0.1) is 0 Å². The van der Waals surface area contributed by atoms with E-state index < -0.39 is 5.97 Å². The number of hydrogen-bond acceptors (Lipinski definition) is 2. The Kier molecular flexibility index (Phi) is 2.34. The quantitative estimate of drug-likeness (QED) is 0.746. The highest BCUT2D eigenvalue weighted by atomic mass is 16.4. The molecule has 3 aromatic rings. The van der Waals surface area contributed by atoms with Gasteiger partial charge in [-0.1, -0.05) is 18.2 Å². The molecule has 0 spiro atoms. The molecule has 1 aromatic carbocycles. The lowest BCUT2D eigenvalue weighted by Gasteiger charge is -2.06. The zero-order valence-electron chi connectivity index (χ0n) is 9.45. The van der Waals surface area contributed by atoms with Gasteiger partial charge in [-0.2, -0.15) is 0 Å². The highest BCUT2D eigenvalue weighted by Crippen LogP contribution is 2.21. The number of carbonyl (C=O) groups is 1. The van der Waals surface area contributed by atoms with Gasteiger partial charge >= 0.3 is 5.97 Å². The Morgan fingerprint density at radius 3 is 2.83 bits per heavy atom. The zero-order valence-corrected chi connectivity index (χ0v) is 9.45. The number of hydrogen-bond donors (Lipinski definition) is 1. The van der Waals surface area contributed by atoms with E-state index in [4.69, 9.17) is 5.11 Å². The van der Waals surface area contributed by atoms with Crippen molar-refractivity contribution in [3.8, 4) is 11.3 Å². The number of imidazole rings is 1. The van der Waals surface area contributed by atoms with Crippen molar-refractivity contribution >= 4 is 11.6 Å². The van der Waals surface area contributed by atoms with Gasteiger partial charge in [0.2, 0.25) is 0 Å². The van der Waals surface area contributed by atoms with Crippen molar-refractivity contribution in [2.45, 2.75) is 0 Å². The lowest BCUT2D eigenvalue weighted by atomic mass is 10.1. The van der Waals surface area contributed by atoms with Gasteiger partial charge in [0, 0.05) is 12.4 Å². The van der Waals surface area contributed by atoms with E-state index in [0.717, 1.165) is 16.9 Å². The van der Waals surface area contributed by atoms with Crippen molar-refractivity contribution in [2.75, 3.05) is 0 Å². The Balaban J connectivity index is 2.23. The van der Waals surface area contributed by atoms with Crippen LogP contribution < -0.4 is 0 Å². The number of aromatic nitrogens is 2. The Morgan fingerprint density at radius 1 is 1.17 bits per heavy atom. The summed E-state index contributed by atoms with van der Waals surface area (Å²) >= 11 is 0. The molecule has 0 fully saturated rings. The summed E-state index contributed by atoms with van der Waals surface area (Å²) in [5.41, 5.74) is 2.91. The molecule has 0 radical (unpaired) electrons. The lowest BCUT2D eigenvalue weighted by molar-refractivity contribution is 0.0697. The van der Waals surface area contributed by atoms with Crippen molar-refractivity contribution in [1.29, 1.82) is 0 Å². The number of benzene rings is 1. The monoisotopic (exact) mass is 238 g/mol. The fourth-order valence-corrected chi connectivity index (χ4v) is 1.99. The van der Waals surface area contributed by atoms with Crippen molar-refractivity contribution in [1.82, 2.24) is 9.38 Å². The molecule has 0 atom stereocenters. The summed E-state index contributed by atoms with van der Waals surface area (Å²) < 4.78 is 1.93. The molecule has 1 N–H and O–H groups in total. The topological polar surface area (TPSA) is 54.6 Å². The van der Waals surface area contributed by atoms with Crippen LogP contribution in [0.5, 0.6) is 0 Å². The molecular weight excluding hydrogens is 228 g/mol. The van der Waals surface area contributed by atoms with Crippen LogP contribution in [0.2, 0.25) is 0 Å². The summed E-state index contributed by atoms with van der Waals surface area (Å²) in [5, 5.41) is 9.01. The van der Waals surface area contributed by atoms with Crippen molar-refractivity contribution in [2.24, 2.45) is 0 Å². The summed E-state index contributed by atoms with van der Waals surface area (Å²) in [5.74, 6) is -0.922. The summed E-state index contributed by atoms with van der Waals surface area (Å²) in [4.78, 5) is 15.2. The number of rotatable bonds is 2. The molecule has 3 rings (SSSR count). The van der Waals surface area contributed by atoms with Gasteiger partial charge in [-0.05, 0) is 29.8 Å². The molecule has 2 aromatic heterocycles. The van der Waals surface area contributed by atoms with E-state index in [2.05, 4.69) is 4.98 Å². The van der Waals surface area contributed by atoms with E-state index >= 15 is 0 Å². The molecule has 18 heavy (non-hydrogen) atoms. The maximum absolute atomic E-state index is 11.0. The average molecular weight is 238 g/mol. The van der Waals surface area contributed by atoms with Crippen molar-refractivity contribution in [3.63, 3.8) is 0 Å². The second-order valence-electron chi connectivity index (χ2n) is 3.95. The second-order valence-corrected chi connectivity index (χ2v) is 3.95. The maximum Gasteiger partial charge on any atom is 0.335 e. The van der Waals surface area contributed by atoms with Crippen LogP contribution in [0.25, 0.3) is 16.9 Å². The van der Waals surface area contributed by atoms with E-state index in [9.17, 15) is 4.79 Å². The van der Waals surface area contributed by atoms with Crippen LogP contribution in [0.4, 0.5) is 0 Å². The van der Waals surface area contributed by atoms with Crippen LogP contribution in [-0.4, -0.2) is 20.5 Å². The first-order valence-electron chi connectivity index (χ1n) is 5.51. The van der Waals surface area contributed by atoms with Crippen LogP contribution in [0.15, 0.2) is 54.9 Å². The Hall–Kier alpha value is -2.62. The highest BCUT2D eigenvalue weighted by Gasteiger charge is 2.07. The summed E-state index contributed by atoms with van der Waals surface area (Å²) in [6.45, 7) is 0. The SMILES string of the molecule is O=C(O)c1cccc(-c2cccc3nccn23)c1. The Morgan fingerprint density at radius 2 is 2.00 bits per heavy atom. The normalized spacial score (nSPS) is 10.7. The van der Waals surface area contributed by atoms with E-state index in [1.165, 1.54) is 0 Å². The molecule has 0 bridgehead atoms. The molecule has 0 unspecified atom stereocenters. The zero-order chi connectivity index (χ0) is 12.5. The van der Waals surface area contributed by atoms with Gasteiger partial charge in [0.1, 0.15) is 5.65 Å². The van der Waals surface area contributed by atoms with Gasteiger partial charge in [0.15, 0.2) is 0 Å². The van der Waals surface area contributed by atoms with Gasteiger partial charge in [-0.25, -0.2) is 9.78 Å². The van der Waals surface area contributed by atoms with Gasteiger partial charge in [-0.3, -0.25) is 4.40 Å². The number of nitrogens with zero attached hydrogens (tertiary/aromatic N) is 2. The van der Waals surface area contributed by atoms with Crippen LogP contribution in [0.3, 0.4) is 0 Å². The third-order valence-electron chi connectivity index (χ3n) is 2.83. The van der Waals surface area contributed by atoms with Crippen LogP contribution in [-0.2, 0) is 0 Å². The molecule has 0 saturated heterocycles. The van der Waals surface area contributed by atoms with Gasteiger partial charge in [0.05, 0.1) is 11.3 Å². The molecule has 4 heteroatoms. The Labute approximate surface area is 103 Å². The first kappa shape index (κ1) is 10.5. The van der Waals surface area contributed by atoms with E-state index in [-0.39, 0.29) is 5.56 Å². The third kappa shape index (κ3) is 1.64. The molecule has 0 aliphatic heterocycles. The van der Waals surface area contributed by atoms with Crippen molar-refractivity contribution in [3.05, 3.63) is 60.4 Å². The minimum atomic E-state index is -0.922. The smallest absolute Gasteiger partial charge is 0.335 e. The first-order chi connectivity index (χ1) is 8.75. The molecule has 0 saturated carbocycles. The summed E-state index contributed by atoms with van der Waals surface area (Å²) in [7, 11) is 0. The average Bonchev–Trinajstić information content (AvgIpc) is 2.87. The molecule has 4 nitrogen and oxygen atoms in total. The predicted molar refractivity (Wildman–Crippen MR) is 67.6 cm³/mol. The largest absolute Gasteiger partial charge is 0.478 e. The standard InChI is InChI=1S/C14H10N2O2/c17-14(18)11-4-1-3-10(9-11)12-5-2-6-13-15-7-8-16(12)13/h1-9H,(H,17,18). The predicted octanol–water partition coefficient (Wildman–Crippen LogP) is 2.70. The first-order valence-corrected chi connectivity index (χ1v) is 5.51. The third-order valence-corrected chi connectivity index (χ3v) is 2.83. The molecule has 88 valence electrons.